The van der Waals surface area contributed by atoms with E-state index in [-0.39, 0.29) is 18.7 Å². The zero-order valence-corrected chi connectivity index (χ0v) is 9.53. The predicted molar refractivity (Wildman–Crippen MR) is 64.1 cm³/mol. The Morgan fingerprint density at radius 3 is 2.82 bits per heavy atom. The molecule has 3 N–H and O–H groups in total. The smallest absolute Gasteiger partial charge is 0.253 e. The van der Waals surface area contributed by atoms with Gasteiger partial charge < -0.3 is 20.5 Å². The summed E-state index contributed by atoms with van der Waals surface area (Å²) >= 11 is 0. The van der Waals surface area contributed by atoms with Gasteiger partial charge in [0.25, 0.3) is 5.91 Å². The summed E-state index contributed by atoms with van der Waals surface area (Å²) in [6.45, 7) is 5.58. The van der Waals surface area contributed by atoms with Gasteiger partial charge in [0.1, 0.15) is 0 Å². The zero-order valence-electron chi connectivity index (χ0n) is 9.53. The van der Waals surface area contributed by atoms with E-state index in [1.165, 1.54) is 0 Å². The van der Waals surface area contributed by atoms with E-state index >= 15 is 0 Å². The lowest BCUT2D eigenvalue weighted by Gasteiger charge is -2.11. The SMILES string of the molecule is C=CC(C)NC(=O)c1cc2c(cc1N)OCO2. The number of carbonyl (C=O) groups excluding carboxylic acids is 1. The van der Waals surface area contributed by atoms with Crippen molar-refractivity contribution < 1.29 is 14.3 Å². The van der Waals surface area contributed by atoms with Crippen molar-refractivity contribution in [2.45, 2.75) is 13.0 Å². The van der Waals surface area contributed by atoms with Crippen molar-refractivity contribution in [2.75, 3.05) is 12.5 Å². The van der Waals surface area contributed by atoms with Crippen LogP contribution >= 0.6 is 0 Å². The molecule has 1 amide bonds. The predicted octanol–water partition coefficient (Wildman–Crippen LogP) is 1.30. The quantitative estimate of drug-likeness (QED) is 0.610. The summed E-state index contributed by atoms with van der Waals surface area (Å²) in [7, 11) is 0. The number of carbonyl (C=O) groups is 1. The summed E-state index contributed by atoms with van der Waals surface area (Å²) in [5, 5.41) is 2.74. The fraction of sp³-hybridized carbons (Fsp3) is 0.250. The van der Waals surface area contributed by atoms with Crippen LogP contribution in [0.1, 0.15) is 17.3 Å². The zero-order chi connectivity index (χ0) is 12.4. The lowest BCUT2D eigenvalue weighted by molar-refractivity contribution is 0.0947. The number of fused-ring (bicyclic) bond motifs is 1. The van der Waals surface area contributed by atoms with Crippen molar-refractivity contribution in [1.29, 1.82) is 0 Å². The van der Waals surface area contributed by atoms with Gasteiger partial charge in [-0.05, 0) is 13.0 Å². The topological polar surface area (TPSA) is 73.6 Å². The average Bonchev–Trinajstić information content (AvgIpc) is 2.74. The summed E-state index contributed by atoms with van der Waals surface area (Å²) in [6.07, 6.45) is 1.64. The highest BCUT2D eigenvalue weighted by atomic mass is 16.7. The van der Waals surface area contributed by atoms with Crippen LogP contribution in [-0.2, 0) is 0 Å². The van der Waals surface area contributed by atoms with Crippen molar-refractivity contribution in [3.05, 3.63) is 30.4 Å². The first kappa shape index (κ1) is 11.3. The van der Waals surface area contributed by atoms with E-state index in [1.807, 2.05) is 6.92 Å². The van der Waals surface area contributed by atoms with Gasteiger partial charge in [-0.2, -0.15) is 0 Å². The Bertz CT molecular complexity index is 471. The molecule has 5 nitrogen and oxygen atoms in total. The number of benzene rings is 1. The Labute approximate surface area is 99.2 Å². The number of hydrogen-bond acceptors (Lipinski definition) is 4. The molecule has 1 aromatic carbocycles. The van der Waals surface area contributed by atoms with E-state index < -0.39 is 0 Å². The summed E-state index contributed by atoms with van der Waals surface area (Å²) < 4.78 is 10.4. The van der Waals surface area contributed by atoms with Gasteiger partial charge >= 0.3 is 0 Å². The molecule has 0 fully saturated rings. The Morgan fingerprint density at radius 2 is 2.18 bits per heavy atom. The number of amides is 1. The fourth-order valence-corrected chi connectivity index (χ4v) is 1.50. The molecule has 1 aliphatic rings. The van der Waals surface area contributed by atoms with Crippen LogP contribution in [0.3, 0.4) is 0 Å². The monoisotopic (exact) mass is 234 g/mol. The molecular weight excluding hydrogens is 220 g/mol. The molecular formula is C12H14N2O3. The van der Waals surface area contributed by atoms with Crippen LogP contribution in [0.15, 0.2) is 24.8 Å². The first-order valence-electron chi connectivity index (χ1n) is 5.24. The van der Waals surface area contributed by atoms with Gasteiger partial charge in [0.05, 0.1) is 5.56 Å². The molecule has 1 heterocycles. The molecule has 1 atom stereocenters. The van der Waals surface area contributed by atoms with Crippen LogP contribution in [-0.4, -0.2) is 18.7 Å². The molecule has 17 heavy (non-hydrogen) atoms. The highest BCUT2D eigenvalue weighted by Crippen LogP contribution is 2.35. The van der Waals surface area contributed by atoms with Crippen molar-refractivity contribution in [3.8, 4) is 11.5 Å². The molecule has 0 bridgehead atoms. The minimum atomic E-state index is -0.256. The summed E-state index contributed by atoms with van der Waals surface area (Å²) in [4.78, 5) is 11.9. The Balaban J connectivity index is 2.26. The average molecular weight is 234 g/mol. The van der Waals surface area contributed by atoms with Gasteiger partial charge in [0.15, 0.2) is 11.5 Å². The number of anilines is 1. The molecule has 1 unspecified atom stereocenters. The molecule has 0 spiro atoms. The number of nitrogens with two attached hydrogens (primary N) is 1. The molecule has 0 aliphatic carbocycles. The second-order valence-corrected chi connectivity index (χ2v) is 3.79. The van der Waals surface area contributed by atoms with Gasteiger partial charge in [-0.15, -0.1) is 6.58 Å². The van der Waals surface area contributed by atoms with Gasteiger partial charge in [-0.3, -0.25) is 4.79 Å². The Kier molecular flexibility index (Phi) is 2.91. The summed E-state index contributed by atoms with van der Waals surface area (Å²) in [5.41, 5.74) is 6.53. The van der Waals surface area contributed by atoms with Crippen molar-refractivity contribution in [2.24, 2.45) is 0 Å². The molecule has 5 heteroatoms. The van der Waals surface area contributed by atoms with Crippen LogP contribution in [0.4, 0.5) is 5.69 Å². The maximum atomic E-state index is 11.9. The van der Waals surface area contributed by atoms with E-state index in [0.29, 0.717) is 22.7 Å². The minimum absolute atomic E-state index is 0.118. The third-order valence-electron chi connectivity index (χ3n) is 2.50. The highest BCUT2D eigenvalue weighted by molar-refractivity contribution is 6.00. The normalized spacial score (nSPS) is 14.2. The van der Waals surface area contributed by atoms with E-state index in [0.717, 1.165) is 0 Å². The van der Waals surface area contributed by atoms with Crippen LogP contribution in [0, 0.1) is 0 Å². The van der Waals surface area contributed by atoms with Crippen LogP contribution in [0.5, 0.6) is 11.5 Å². The fourth-order valence-electron chi connectivity index (χ4n) is 1.50. The summed E-state index contributed by atoms with van der Waals surface area (Å²) in [5.74, 6) is 0.847. The number of nitrogen functional groups attached to an aromatic ring is 1. The number of nitrogens with one attached hydrogen (secondary N) is 1. The largest absolute Gasteiger partial charge is 0.454 e. The maximum absolute atomic E-state index is 11.9. The minimum Gasteiger partial charge on any atom is -0.454 e. The Hall–Kier alpha value is -2.17. The van der Waals surface area contributed by atoms with Gasteiger partial charge in [0, 0.05) is 17.8 Å². The first-order valence-corrected chi connectivity index (χ1v) is 5.24. The van der Waals surface area contributed by atoms with Gasteiger partial charge in [-0.1, -0.05) is 6.08 Å². The number of rotatable bonds is 3. The number of ether oxygens (including phenoxy) is 2. The molecule has 90 valence electrons. The number of hydrogen-bond donors (Lipinski definition) is 2. The molecule has 2 rings (SSSR count). The molecule has 0 aromatic heterocycles. The van der Waals surface area contributed by atoms with Gasteiger partial charge in [0.2, 0.25) is 6.79 Å². The first-order chi connectivity index (χ1) is 8.11. The third-order valence-corrected chi connectivity index (χ3v) is 2.50. The van der Waals surface area contributed by atoms with E-state index in [2.05, 4.69) is 11.9 Å². The van der Waals surface area contributed by atoms with E-state index in [9.17, 15) is 4.79 Å². The van der Waals surface area contributed by atoms with Crippen molar-refractivity contribution in [3.63, 3.8) is 0 Å². The van der Waals surface area contributed by atoms with Crippen LogP contribution in [0.25, 0.3) is 0 Å². The molecule has 1 aromatic rings. The lowest BCUT2D eigenvalue weighted by Crippen LogP contribution is -2.31. The second-order valence-electron chi connectivity index (χ2n) is 3.79. The third kappa shape index (κ3) is 2.18. The van der Waals surface area contributed by atoms with Gasteiger partial charge in [-0.25, -0.2) is 0 Å². The van der Waals surface area contributed by atoms with Crippen molar-refractivity contribution in [1.82, 2.24) is 5.32 Å². The molecule has 1 aliphatic heterocycles. The highest BCUT2D eigenvalue weighted by Gasteiger charge is 2.19. The van der Waals surface area contributed by atoms with Crippen LogP contribution < -0.4 is 20.5 Å². The molecule has 0 radical (unpaired) electrons. The lowest BCUT2D eigenvalue weighted by atomic mass is 10.1. The van der Waals surface area contributed by atoms with E-state index in [1.54, 1.807) is 18.2 Å². The molecule has 0 saturated heterocycles. The summed E-state index contributed by atoms with van der Waals surface area (Å²) in [6, 6.07) is 3.06. The Morgan fingerprint density at radius 1 is 1.53 bits per heavy atom. The molecule has 0 saturated carbocycles. The van der Waals surface area contributed by atoms with Crippen LogP contribution in [0.2, 0.25) is 0 Å². The second kappa shape index (κ2) is 4.37. The van der Waals surface area contributed by atoms with E-state index in [4.69, 9.17) is 15.2 Å². The van der Waals surface area contributed by atoms with Crippen molar-refractivity contribution >= 4 is 11.6 Å². The standard InChI is InChI=1S/C12H14N2O3/c1-3-7(2)14-12(15)8-4-10-11(5-9(8)13)17-6-16-10/h3-5,7H,1,6,13H2,2H3,(H,14,15). The maximum Gasteiger partial charge on any atom is 0.253 e.